The summed E-state index contributed by atoms with van der Waals surface area (Å²) < 4.78 is 17.8. The molecule has 0 radical (unpaired) electrons. The largest absolute Gasteiger partial charge is 0.481 e. The predicted octanol–water partition coefficient (Wildman–Crippen LogP) is -0.845. The molecule has 2 saturated heterocycles. The molecule has 36 heavy (non-hydrogen) atoms. The van der Waals surface area contributed by atoms with E-state index in [-0.39, 0.29) is 11.8 Å². The van der Waals surface area contributed by atoms with Crippen molar-refractivity contribution in [1.82, 2.24) is 0 Å². The number of aliphatic hydroxyl groups is 5. The first kappa shape index (κ1) is 25.0. The fraction of sp³-hybridized carbons (Fsp3) is 0.920. The third-order valence-electron chi connectivity index (χ3n) is 11.0. The number of carbonyl (C=O) groups excluding carboxylic acids is 1. The number of ether oxygens (including phenoxy) is 3. The van der Waals surface area contributed by atoms with Crippen LogP contribution in [0.3, 0.4) is 0 Å². The minimum Gasteiger partial charge on any atom is -0.481 e. The smallest absolute Gasteiger partial charge is 0.315 e. The fourth-order valence-electron chi connectivity index (χ4n) is 9.62. The Labute approximate surface area is 208 Å². The average molecular weight is 513 g/mol. The van der Waals surface area contributed by atoms with E-state index in [0.717, 1.165) is 6.42 Å². The van der Waals surface area contributed by atoms with Crippen LogP contribution in [0.1, 0.15) is 52.4 Å². The lowest BCUT2D eigenvalue weighted by Gasteiger charge is -2.48. The summed E-state index contributed by atoms with van der Waals surface area (Å²) in [4.78, 5) is 26.5. The van der Waals surface area contributed by atoms with E-state index in [0.29, 0.717) is 32.1 Å². The summed E-state index contributed by atoms with van der Waals surface area (Å²) in [5.41, 5.74) is -4.00. The van der Waals surface area contributed by atoms with Crippen LogP contribution in [0, 0.1) is 34.5 Å². The van der Waals surface area contributed by atoms with E-state index in [4.69, 9.17) is 14.2 Å². The normalized spacial score (nSPS) is 59.4. The van der Waals surface area contributed by atoms with Gasteiger partial charge in [0.1, 0.15) is 30.0 Å². The van der Waals surface area contributed by atoms with E-state index >= 15 is 0 Å². The number of hydrogen-bond donors (Lipinski definition) is 6. The zero-order valence-corrected chi connectivity index (χ0v) is 20.4. The van der Waals surface area contributed by atoms with Gasteiger partial charge in [0, 0.05) is 11.8 Å². The van der Waals surface area contributed by atoms with Gasteiger partial charge < -0.3 is 44.8 Å². The van der Waals surface area contributed by atoms with Gasteiger partial charge >= 0.3 is 11.9 Å². The quantitative estimate of drug-likeness (QED) is 0.258. The van der Waals surface area contributed by atoms with Gasteiger partial charge in [0.05, 0.1) is 29.6 Å². The first-order valence-electron chi connectivity index (χ1n) is 13.0. The summed E-state index contributed by atoms with van der Waals surface area (Å²) in [7, 11) is 0. The molecule has 2 aliphatic heterocycles. The predicted molar refractivity (Wildman–Crippen MR) is 118 cm³/mol. The van der Waals surface area contributed by atoms with Crippen LogP contribution in [0.2, 0.25) is 0 Å². The minimum atomic E-state index is -1.64. The molecule has 0 amide bonds. The van der Waals surface area contributed by atoms with Crippen molar-refractivity contribution in [3.8, 4) is 0 Å². The van der Waals surface area contributed by atoms with E-state index in [9.17, 15) is 40.2 Å². The maximum Gasteiger partial charge on any atom is 0.315 e. The van der Waals surface area contributed by atoms with Crippen LogP contribution in [0.15, 0.2) is 0 Å². The summed E-state index contributed by atoms with van der Waals surface area (Å²) in [6.07, 6.45) is -5.25. The van der Waals surface area contributed by atoms with Crippen LogP contribution in [-0.2, 0) is 23.8 Å². The highest BCUT2D eigenvalue weighted by molar-refractivity contribution is 5.85. The van der Waals surface area contributed by atoms with E-state index in [1.807, 2.05) is 0 Å². The molecule has 6 fully saturated rings. The number of carbonyl (C=O) groups is 2. The van der Waals surface area contributed by atoms with Gasteiger partial charge in [0.25, 0.3) is 0 Å². The molecule has 6 aliphatic rings. The van der Waals surface area contributed by atoms with Crippen LogP contribution in [0.5, 0.6) is 0 Å². The Hall–Kier alpha value is -1.34. The lowest BCUT2D eigenvalue weighted by molar-refractivity contribution is -0.322. The second-order valence-electron chi connectivity index (χ2n) is 12.6. The molecule has 2 heterocycles. The number of esters is 1. The van der Waals surface area contributed by atoms with Crippen molar-refractivity contribution in [2.45, 2.75) is 100 Å². The molecule has 202 valence electrons. The second kappa shape index (κ2) is 7.62. The Morgan fingerprint density at radius 1 is 1.11 bits per heavy atom. The molecule has 1 spiro atoms. The van der Waals surface area contributed by atoms with Gasteiger partial charge in [-0.3, -0.25) is 9.59 Å². The van der Waals surface area contributed by atoms with Gasteiger partial charge in [-0.1, -0.05) is 0 Å². The fourth-order valence-corrected chi connectivity index (χ4v) is 9.62. The average Bonchev–Trinajstić information content (AvgIpc) is 3.24. The maximum atomic E-state index is 13.6. The molecule has 11 nitrogen and oxygen atoms in total. The number of rotatable bonds is 4. The van der Waals surface area contributed by atoms with Gasteiger partial charge in [-0.15, -0.1) is 0 Å². The Kier molecular flexibility index (Phi) is 5.28. The molecule has 4 aliphatic carbocycles. The Morgan fingerprint density at radius 2 is 1.83 bits per heavy atom. The van der Waals surface area contributed by atoms with Crippen molar-refractivity contribution in [1.29, 1.82) is 0 Å². The number of carboxylic acid groups (broad SMARTS) is 1. The Balaban J connectivity index is 1.38. The highest BCUT2D eigenvalue weighted by atomic mass is 16.7. The molecular formula is C25H36O11. The lowest BCUT2D eigenvalue weighted by Crippen LogP contribution is -2.62. The molecule has 0 aromatic heterocycles. The second-order valence-corrected chi connectivity index (χ2v) is 12.6. The molecule has 14 atom stereocenters. The molecular weight excluding hydrogens is 476 g/mol. The van der Waals surface area contributed by atoms with E-state index < -0.39 is 89.2 Å². The monoisotopic (exact) mass is 512 g/mol. The van der Waals surface area contributed by atoms with Crippen molar-refractivity contribution >= 4 is 11.9 Å². The van der Waals surface area contributed by atoms with Crippen molar-refractivity contribution in [3.63, 3.8) is 0 Å². The van der Waals surface area contributed by atoms with Crippen LogP contribution in [0.25, 0.3) is 0 Å². The van der Waals surface area contributed by atoms with E-state index in [2.05, 4.69) is 0 Å². The summed E-state index contributed by atoms with van der Waals surface area (Å²) in [5.74, 6) is -3.36. The third kappa shape index (κ3) is 2.82. The number of carboxylic acids is 1. The lowest BCUT2D eigenvalue weighted by atomic mass is 9.58. The first-order valence-corrected chi connectivity index (χ1v) is 13.0. The maximum absolute atomic E-state index is 13.6. The van der Waals surface area contributed by atoms with Gasteiger partial charge in [0.2, 0.25) is 0 Å². The van der Waals surface area contributed by atoms with Crippen molar-refractivity contribution in [2.75, 3.05) is 6.61 Å². The van der Waals surface area contributed by atoms with E-state index in [1.54, 1.807) is 13.8 Å². The van der Waals surface area contributed by atoms with Crippen molar-refractivity contribution in [3.05, 3.63) is 0 Å². The Morgan fingerprint density at radius 3 is 2.50 bits per heavy atom. The molecule has 4 saturated carbocycles. The first-order chi connectivity index (χ1) is 16.8. The topological polar surface area (TPSA) is 183 Å². The van der Waals surface area contributed by atoms with Crippen LogP contribution < -0.4 is 0 Å². The van der Waals surface area contributed by atoms with E-state index in [1.165, 1.54) is 0 Å². The van der Waals surface area contributed by atoms with Crippen molar-refractivity contribution < 1.29 is 54.4 Å². The SMILES string of the molecule is C[C@]12C(=O)O[C@]3(CC[C@@H]1O[C@@H]1O[C@H](CO)[C@@H](O)[C@H](O)[C@H]1O)[C@@H]1CC[C@@H]4C[C@]1(C[C@@]4(C)O)[C@@H](C(=O)O)[C@@H]32. The van der Waals surface area contributed by atoms with Crippen LogP contribution >= 0.6 is 0 Å². The molecule has 6 rings (SSSR count). The standard InChI is InChI=1S/C25H36O11/c1-22(33)9-24-7-10(22)3-4-12(24)25-6-5-13(23(2,21(32)36-25)18(25)14(24)19(30)31)35-20-17(29)16(28)15(27)11(8-26)34-20/h10-18,20,26-29,33H,3-9H2,1-2H3,(H,30,31)/t10-,11-,12-,13+,14-,15-,16+,17-,18-,20+,22-,23+,24-,25-/m1/s1. The number of hydrogen-bond acceptors (Lipinski definition) is 10. The van der Waals surface area contributed by atoms with Gasteiger partial charge in [0.15, 0.2) is 6.29 Å². The molecule has 6 N–H and O–H groups in total. The summed E-state index contributed by atoms with van der Waals surface area (Å²) in [6.45, 7) is 2.82. The van der Waals surface area contributed by atoms with Crippen LogP contribution in [-0.4, -0.2) is 97.2 Å². The molecule has 0 aromatic carbocycles. The third-order valence-corrected chi connectivity index (χ3v) is 11.0. The zero-order valence-electron chi connectivity index (χ0n) is 20.4. The van der Waals surface area contributed by atoms with Gasteiger partial charge in [-0.05, 0) is 63.7 Å². The molecule has 0 aromatic rings. The van der Waals surface area contributed by atoms with Crippen LogP contribution in [0.4, 0.5) is 0 Å². The molecule has 4 bridgehead atoms. The zero-order chi connectivity index (χ0) is 26.0. The highest BCUT2D eigenvalue weighted by Crippen LogP contribution is 2.78. The summed E-state index contributed by atoms with van der Waals surface area (Å²) >= 11 is 0. The molecule has 0 unspecified atom stereocenters. The van der Waals surface area contributed by atoms with Gasteiger partial charge in [-0.2, -0.15) is 0 Å². The minimum absolute atomic E-state index is 0.00431. The number of fused-ring (bicyclic) bond motifs is 1. The highest BCUT2D eigenvalue weighted by Gasteiger charge is 2.84. The van der Waals surface area contributed by atoms with Gasteiger partial charge in [-0.25, -0.2) is 0 Å². The molecule has 11 heteroatoms. The number of aliphatic carboxylic acids is 1. The Bertz CT molecular complexity index is 968. The summed E-state index contributed by atoms with van der Waals surface area (Å²) in [6, 6.07) is 0. The number of aliphatic hydroxyl groups excluding tert-OH is 4. The van der Waals surface area contributed by atoms with Crippen molar-refractivity contribution in [2.24, 2.45) is 34.5 Å². The summed E-state index contributed by atoms with van der Waals surface area (Å²) in [5, 5.41) is 62.1.